The van der Waals surface area contributed by atoms with E-state index in [0.29, 0.717) is 6.54 Å². The Morgan fingerprint density at radius 3 is 3.17 bits per heavy atom. The molecule has 0 atom stereocenters. The minimum absolute atomic E-state index is 0.686. The van der Waals surface area contributed by atoms with E-state index in [1.54, 1.807) is 6.34 Å². The molecule has 0 radical (unpaired) electrons. The van der Waals surface area contributed by atoms with E-state index >= 15 is 0 Å². The zero-order valence-electron chi connectivity index (χ0n) is 6.50. The molecule has 4 nitrogen and oxygen atoms in total. The third-order valence-corrected chi connectivity index (χ3v) is 2.21. The van der Waals surface area contributed by atoms with Crippen LogP contribution in [0, 0.1) is 10.8 Å². The monoisotopic (exact) mass is 274 g/mol. The number of aryl methyl sites for hydroxylation is 1. The van der Waals surface area contributed by atoms with Gasteiger partial charge in [-0.25, -0.2) is 9.97 Å². The fourth-order valence-electron chi connectivity index (χ4n) is 1.11. The van der Waals surface area contributed by atoms with Gasteiger partial charge in [-0.15, -0.1) is 0 Å². The standard InChI is InChI=1S/C7H7IN4/c1-4-5-2-9-3-10-6(5)12-7(8)11-4/h3H,2H2,1H3,(H,9,10,11,12). The second kappa shape index (κ2) is 2.96. The lowest BCUT2D eigenvalue weighted by atomic mass is 10.2. The number of nitrogens with zero attached hydrogens (tertiary/aromatic N) is 3. The Bertz CT molecular complexity index is 348. The summed E-state index contributed by atoms with van der Waals surface area (Å²) in [6, 6.07) is 0. The predicted octanol–water partition coefficient (Wildman–Crippen LogP) is 1.34. The molecule has 0 saturated carbocycles. The summed E-state index contributed by atoms with van der Waals surface area (Å²) < 4.78 is 0.770. The summed E-state index contributed by atoms with van der Waals surface area (Å²) in [4.78, 5) is 12.6. The average Bonchev–Trinajstić information content (AvgIpc) is 2.04. The van der Waals surface area contributed by atoms with Gasteiger partial charge in [-0.05, 0) is 6.92 Å². The molecule has 12 heavy (non-hydrogen) atoms. The maximum Gasteiger partial charge on any atom is 0.192 e. The molecule has 62 valence electrons. The van der Waals surface area contributed by atoms with Gasteiger partial charge >= 0.3 is 0 Å². The number of aromatic nitrogens is 2. The van der Waals surface area contributed by atoms with Gasteiger partial charge in [0.25, 0.3) is 0 Å². The van der Waals surface area contributed by atoms with Crippen LogP contribution in [0.5, 0.6) is 0 Å². The summed E-state index contributed by atoms with van der Waals surface area (Å²) in [5.41, 5.74) is 2.10. The summed E-state index contributed by atoms with van der Waals surface area (Å²) in [6.45, 7) is 2.66. The highest BCUT2D eigenvalue weighted by molar-refractivity contribution is 14.1. The van der Waals surface area contributed by atoms with Gasteiger partial charge in [-0.2, -0.15) is 0 Å². The Morgan fingerprint density at radius 2 is 2.33 bits per heavy atom. The number of anilines is 1. The molecule has 2 rings (SSSR count). The van der Waals surface area contributed by atoms with Crippen LogP contribution in [0.3, 0.4) is 0 Å². The highest BCUT2D eigenvalue weighted by Crippen LogP contribution is 2.19. The van der Waals surface area contributed by atoms with Gasteiger partial charge in [0.2, 0.25) is 0 Å². The van der Waals surface area contributed by atoms with Crippen LogP contribution in [0.15, 0.2) is 4.99 Å². The van der Waals surface area contributed by atoms with Crippen molar-refractivity contribution < 1.29 is 0 Å². The Morgan fingerprint density at radius 1 is 1.50 bits per heavy atom. The number of aliphatic imine (C=N–C) groups is 1. The molecule has 5 heteroatoms. The molecule has 0 saturated heterocycles. The van der Waals surface area contributed by atoms with Crippen molar-refractivity contribution >= 4 is 34.7 Å². The van der Waals surface area contributed by atoms with E-state index in [1.165, 1.54) is 0 Å². The van der Waals surface area contributed by atoms with E-state index in [2.05, 4.69) is 42.9 Å². The third-order valence-electron chi connectivity index (χ3n) is 1.73. The molecule has 1 aliphatic rings. The van der Waals surface area contributed by atoms with E-state index in [4.69, 9.17) is 0 Å². The maximum atomic E-state index is 4.25. The van der Waals surface area contributed by atoms with Crippen molar-refractivity contribution in [3.63, 3.8) is 0 Å². The van der Waals surface area contributed by atoms with Crippen molar-refractivity contribution in [1.29, 1.82) is 0 Å². The summed E-state index contributed by atoms with van der Waals surface area (Å²) in [6.07, 6.45) is 1.67. The van der Waals surface area contributed by atoms with E-state index in [0.717, 1.165) is 20.9 Å². The average molecular weight is 274 g/mol. The minimum Gasteiger partial charge on any atom is -0.331 e. The smallest absolute Gasteiger partial charge is 0.192 e. The quantitative estimate of drug-likeness (QED) is 0.573. The predicted molar refractivity (Wildman–Crippen MR) is 55.3 cm³/mol. The largest absolute Gasteiger partial charge is 0.331 e. The number of fused-ring (bicyclic) bond motifs is 1. The molecule has 1 aliphatic heterocycles. The number of rotatable bonds is 0. The molecule has 0 spiro atoms. The van der Waals surface area contributed by atoms with Crippen LogP contribution in [-0.2, 0) is 6.54 Å². The fourth-order valence-corrected chi connectivity index (χ4v) is 1.72. The van der Waals surface area contributed by atoms with Gasteiger partial charge in [0.1, 0.15) is 5.82 Å². The number of nitrogens with one attached hydrogen (secondary N) is 1. The van der Waals surface area contributed by atoms with Gasteiger partial charge in [-0.3, -0.25) is 4.99 Å². The lowest BCUT2D eigenvalue weighted by Crippen LogP contribution is -2.11. The second-order valence-electron chi connectivity index (χ2n) is 2.52. The van der Waals surface area contributed by atoms with Crippen LogP contribution < -0.4 is 5.32 Å². The number of halogens is 1. The minimum atomic E-state index is 0.686. The van der Waals surface area contributed by atoms with Crippen molar-refractivity contribution in [3.8, 4) is 0 Å². The molecule has 0 amide bonds. The molecule has 1 N–H and O–H groups in total. The first-order chi connectivity index (χ1) is 5.77. The van der Waals surface area contributed by atoms with Crippen molar-refractivity contribution in [2.45, 2.75) is 13.5 Å². The molecular weight excluding hydrogens is 267 g/mol. The molecule has 0 unspecified atom stereocenters. The third kappa shape index (κ3) is 1.28. The van der Waals surface area contributed by atoms with Gasteiger partial charge in [-0.1, -0.05) is 0 Å². The van der Waals surface area contributed by atoms with Crippen LogP contribution in [-0.4, -0.2) is 16.3 Å². The zero-order chi connectivity index (χ0) is 8.55. The van der Waals surface area contributed by atoms with Crippen LogP contribution >= 0.6 is 22.6 Å². The first kappa shape index (κ1) is 7.90. The highest BCUT2D eigenvalue weighted by Gasteiger charge is 2.11. The van der Waals surface area contributed by atoms with Crippen molar-refractivity contribution in [2.75, 3.05) is 5.32 Å². The maximum absolute atomic E-state index is 4.25. The highest BCUT2D eigenvalue weighted by atomic mass is 127. The molecule has 0 fully saturated rings. The SMILES string of the molecule is Cc1nc(I)nc2c1CN=CN2. The lowest BCUT2D eigenvalue weighted by molar-refractivity contribution is 0.943. The Balaban J connectivity index is 2.57. The van der Waals surface area contributed by atoms with E-state index in [9.17, 15) is 0 Å². The summed E-state index contributed by atoms with van der Waals surface area (Å²) in [7, 11) is 0. The zero-order valence-corrected chi connectivity index (χ0v) is 8.66. The Hall–Kier alpha value is -0.720. The van der Waals surface area contributed by atoms with Crippen LogP contribution in [0.2, 0.25) is 0 Å². The summed E-state index contributed by atoms with van der Waals surface area (Å²) in [5, 5.41) is 3.00. The number of hydrogen-bond acceptors (Lipinski definition) is 4. The summed E-state index contributed by atoms with van der Waals surface area (Å²) in [5.74, 6) is 0.891. The number of hydrogen-bond donors (Lipinski definition) is 1. The molecule has 2 heterocycles. The van der Waals surface area contributed by atoms with Crippen LogP contribution in [0.25, 0.3) is 0 Å². The Labute approximate surface area is 83.7 Å². The topological polar surface area (TPSA) is 50.2 Å². The van der Waals surface area contributed by atoms with Gasteiger partial charge < -0.3 is 5.32 Å². The lowest BCUT2D eigenvalue weighted by Gasteiger charge is -2.12. The van der Waals surface area contributed by atoms with Crippen molar-refractivity contribution in [3.05, 3.63) is 15.1 Å². The first-order valence-corrected chi connectivity index (χ1v) is 4.63. The fraction of sp³-hybridized carbons (Fsp3) is 0.286. The Kier molecular flexibility index (Phi) is 1.95. The normalized spacial score (nSPS) is 13.8. The molecule has 0 aromatic carbocycles. The van der Waals surface area contributed by atoms with Crippen molar-refractivity contribution in [2.24, 2.45) is 4.99 Å². The van der Waals surface area contributed by atoms with Crippen molar-refractivity contribution in [1.82, 2.24) is 9.97 Å². The first-order valence-electron chi connectivity index (χ1n) is 3.55. The van der Waals surface area contributed by atoms with Gasteiger partial charge in [0, 0.05) is 33.8 Å². The van der Waals surface area contributed by atoms with E-state index < -0.39 is 0 Å². The molecular formula is C7H7IN4. The van der Waals surface area contributed by atoms with Gasteiger partial charge in [0.15, 0.2) is 3.83 Å². The molecule has 1 aromatic heterocycles. The summed E-state index contributed by atoms with van der Waals surface area (Å²) >= 11 is 2.10. The van der Waals surface area contributed by atoms with Crippen LogP contribution in [0.1, 0.15) is 11.3 Å². The molecule has 0 aliphatic carbocycles. The molecule has 1 aromatic rings. The van der Waals surface area contributed by atoms with E-state index in [-0.39, 0.29) is 0 Å². The van der Waals surface area contributed by atoms with Crippen LogP contribution in [0.4, 0.5) is 5.82 Å². The van der Waals surface area contributed by atoms with E-state index in [1.807, 2.05) is 6.92 Å². The van der Waals surface area contributed by atoms with Gasteiger partial charge in [0.05, 0.1) is 12.9 Å². The molecule has 0 bridgehead atoms. The second-order valence-corrected chi connectivity index (χ2v) is 3.48.